The maximum absolute atomic E-state index is 12.8. The van der Waals surface area contributed by atoms with Crippen LogP contribution in [0.25, 0.3) is 0 Å². The van der Waals surface area contributed by atoms with Gasteiger partial charge in [0.05, 0.1) is 34.4 Å². The molecule has 0 spiro atoms. The van der Waals surface area contributed by atoms with Gasteiger partial charge in [-0.3, -0.25) is 9.59 Å². The Kier molecular flexibility index (Phi) is 48.2. The monoisotopic (exact) mass is 967 g/mol. The highest BCUT2D eigenvalue weighted by molar-refractivity contribution is 5.71. The lowest BCUT2D eigenvalue weighted by atomic mass is 10.0. The number of rotatable bonds is 50. The largest absolute Gasteiger partial charge is 0.477 e. The van der Waals surface area contributed by atoms with Gasteiger partial charge >= 0.3 is 17.9 Å². The molecule has 2 unspecified atom stereocenters. The normalized spacial score (nSPS) is 13.5. The van der Waals surface area contributed by atoms with Crippen LogP contribution in [0.3, 0.4) is 0 Å². The molecule has 0 aromatic rings. The van der Waals surface area contributed by atoms with Crippen molar-refractivity contribution in [1.29, 1.82) is 0 Å². The Bertz CT molecular complexity index is 1400. The lowest BCUT2D eigenvalue weighted by molar-refractivity contribution is -0.870. The molecule has 0 heterocycles. The maximum atomic E-state index is 12.8. The Morgan fingerprint density at radius 1 is 0.449 bits per heavy atom. The molecule has 0 aliphatic rings. The number of hydrogen-bond donors (Lipinski definition) is 1. The molecule has 0 rings (SSSR count). The van der Waals surface area contributed by atoms with Crippen molar-refractivity contribution >= 4 is 17.9 Å². The van der Waals surface area contributed by atoms with Crippen LogP contribution in [0.4, 0.5) is 0 Å². The van der Waals surface area contributed by atoms with E-state index in [4.69, 9.17) is 18.9 Å². The highest BCUT2D eigenvalue weighted by Crippen LogP contribution is 2.15. The molecule has 0 saturated carbocycles. The maximum Gasteiger partial charge on any atom is 0.361 e. The van der Waals surface area contributed by atoms with E-state index >= 15 is 0 Å². The van der Waals surface area contributed by atoms with Gasteiger partial charge in [-0.25, -0.2) is 4.79 Å². The van der Waals surface area contributed by atoms with Crippen molar-refractivity contribution in [2.45, 2.75) is 232 Å². The van der Waals surface area contributed by atoms with Crippen molar-refractivity contribution in [2.24, 2.45) is 0 Å². The average molecular weight is 967 g/mol. The molecule has 0 aliphatic heterocycles. The van der Waals surface area contributed by atoms with E-state index < -0.39 is 24.3 Å². The predicted octanol–water partition coefficient (Wildman–Crippen LogP) is 16.0. The number of likely N-dealkylation sites (N-methyl/N-ethyl adjacent to an activating group) is 1. The molecule has 9 nitrogen and oxygen atoms in total. The van der Waals surface area contributed by atoms with E-state index in [1.807, 2.05) is 21.1 Å². The average Bonchev–Trinajstić information content (AvgIpc) is 3.31. The number of carboxylic acid groups (broad SMARTS) is 1. The summed E-state index contributed by atoms with van der Waals surface area (Å²) < 4.78 is 22.8. The molecule has 9 heteroatoms. The van der Waals surface area contributed by atoms with E-state index in [2.05, 4.69) is 98.9 Å². The zero-order valence-electron chi connectivity index (χ0n) is 44.9. The number of carbonyl (C=O) groups is 3. The standard InChI is InChI=1S/C60H103NO8/c1-6-8-10-12-14-16-18-20-22-24-26-28-29-31-32-34-36-38-40-42-44-46-48-50-57(62)67-54-56(55-68-60(59(64)65)66-53-52-61(3,4)5)69-58(63)51-49-47-45-43-41-39-37-35-33-30-27-25-23-21-19-17-15-13-11-9-7-2/h9,11,15,17-18,20-21,23-24,26-27,30,35,37,56,60H,6-8,10,12-14,16,19,22,25,28-29,31-34,36,38-55H2,1-5H3/p+1/b11-9-,17-15-,20-18-,23-21-,26-24-,30-27-,37-35-. The summed E-state index contributed by atoms with van der Waals surface area (Å²) in [5.74, 6) is -2.04. The molecule has 0 aromatic heterocycles. The van der Waals surface area contributed by atoms with Crippen molar-refractivity contribution < 1.29 is 42.9 Å². The molecule has 0 aromatic carbocycles. The molecular weight excluding hydrogens is 863 g/mol. The number of ether oxygens (including phenoxy) is 4. The van der Waals surface area contributed by atoms with Crippen molar-refractivity contribution in [1.82, 2.24) is 0 Å². The minimum atomic E-state index is -1.52. The Labute approximate surface area is 423 Å². The molecule has 0 bridgehead atoms. The van der Waals surface area contributed by atoms with E-state index in [1.165, 1.54) is 96.3 Å². The van der Waals surface area contributed by atoms with Gasteiger partial charge < -0.3 is 28.5 Å². The quantitative estimate of drug-likeness (QED) is 0.0211. The summed E-state index contributed by atoms with van der Waals surface area (Å²) in [6.07, 6.45) is 63.6. The lowest BCUT2D eigenvalue weighted by Gasteiger charge is -2.25. The molecule has 0 fully saturated rings. The third kappa shape index (κ3) is 52.1. The number of nitrogens with zero attached hydrogens (tertiary/aromatic N) is 1. The van der Waals surface area contributed by atoms with Gasteiger partial charge in [0.2, 0.25) is 0 Å². The fraction of sp³-hybridized carbons (Fsp3) is 0.717. The van der Waals surface area contributed by atoms with Crippen LogP contribution in [0.2, 0.25) is 0 Å². The summed E-state index contributed by atoms with van der Waals surface area (Å²) >= 11 is 0. The second kappa shape index (κ2) is 50.8. The SMILES string of the molecule is CC/C=C\C/C=C\C/C=C\C/C=C\C/C=C\CCCCCCCC(=O)OC(COC(=O)CCCCCCCCCCCCC/C=C\C/C=C\CCCCCCC)COC(OCC[N+](C)(C)C)C(=O)O. The summed E-state index contributed by atoms with van der Waals surface area (Å²) in [5, 5.41) is 9.69. The zero-order valence-corrected chi connectivity index (χ0v) is 44.9. The number of carboxylic acids is 1. The first-order chi connectivity index (χ1) is 33.6. The van der Waals surface area contributed by atoms with Crippen molar-refractivity contribution in [3.63, 3.8) is 0 Å². The van der Waals surface area contributed by atoms with Crippen molar-refractivity contribution in [3.8, 4) is 0 Å². The molecule has 69 heavy (non-hydrogen) atoms. The Balaban J connectivity index is 4.34. The van der Waals surface area contributed by atoms with Crippen LogP contribution < -0.4 is 0 Å². The van der Waals surface area contributed by atoms with Gasteiger partial charge in [-0.05, 0) is 89.9 Å². The van der Waals surface area contributed by atoms with Gasteiger partial charge in [0, 0.05) is 12.8 Å². The van der Waals surface area contributed by atoms with Crippen LogP contribution in [0.5, 0.6) is 0 Å². The van der Waals surface area contributed by atoms with Crippen LogP contribution in [-0.2, 0) is 33.3 Å². The minimum Gasteiger partial charge on any atom is -0.477 e. The summed E-state index contributed by atoms with van der Waals surface area (Å²) in [5.41, 5.74) is 0. The third-order valence-electron chi connectivity index (χ3n) is 11.6. The van der Waals surface area contributed by atoms with E-state index in [9.17, 15) is 19.5 Å². The molecule has 0 saturated heterocycles. The van der Waals surface area contributed by atoms with Gasteiger partial charge in [0.25, 0.3) is 6.29 Å². The molecule has 0 radical (unpaired) electrons. The van der Waals surface area contributed by atoms with Crippen LogP contribution in [0.1, 0.15) is 219 Å². The van der Waals surface area contributed by atoms with Crippen LogP contribution in [0, 0.1) is 0 Å². The first-order valence-electron chi connectivity index (χ1n) is 27.8. The Hall–Kier alpha value is -3.53. The molecule has 2 atom stereocenters. The lowest BCUT2D eigenvalue weighted by Crippen LogP contribution is -2.40. The first-order valence-corrected chi connectivity index (χ1v) is 27.8. The van der Waals surface area contributed by atoms with Crippen LogP contribution >= 0.6 is 0 Å². The second-order valence-corrected chi connectivity index (χ2v) is 19.5. The number of quaternary nitrogens is 1. The fourth-order valence-corrected chi connectivity index (χ4v) is 7.36. The molecule has 0 amide bonds. The Morgan fingerprint density at radius 3 is 1.23 bits per heavy atom. The number of unbranched alkanes of at least 4 members (excludes halogenated alkanes) is 21. The van der Waals surface area contributed by atoms with Gasteiger partial charge in [-0.15, -0.1) is 0 Å². The minimum absolute atomic E-state index is 0.179. The zero-order chi connectivity index (χ0) is 50.6. The number of aliphatic carboxylic acids is 1. The highest BCUT2D eigenvalue weighted by atomic mass is 16.7. The summed E-state index contributed by atoms with van der Waals surface area (Å²) in [6.45, 7) is 4.73. The smallest absolute Gasteiger partial charge is 0.361 e. The van der Waals surface area contributed by atoms with Gasteiger partial charge in [0.1, 0.15) is 13.2 Å². The van der Waals surface area contributed by atoms with Gasteiger partial charge in [-0.1, -0.05) is 202 Å². The van der Waals surface area contributed by atoms with E-state index in [-0.39, 0.29) is 32.2 Å². The summed E-state index contributed by atoms with van der Waals surface area (Å²) in [4.78, 5) is 37.4. The number of esters is 2. The number of hydrogen-bond acceptors (Lipinski definition) is 7. The van der Waals surface area contributed by atoms with E-state index in [1.54, 1.807) is 0 Å². The molecule has 1 N–H and O–H groups in total. The van der Waals surface area contributed by atoms with E-state index in [0.717, 1.165) is 89.9 Å². The summed E-state index contributed by atoms with van der Waals surface area (Å²) in [7, 11) is 5.95. The van der Waals surface area contributed by atoms with Crippen molar-refractivity contribution in [2.75, 3.05) is 47.5 Å². The van der Waals surface area contributed by atoms with Gasteiger partial charge in [0.15, 0.2) is 6.10 Å². The second-order valence-electron chi connectivity index (χ2n) is 19.5. The third-order valence-corrected chi connectivity index (χ3v) is 11.6. The summed E-state index contributed by atoms with van der Waals surface area (Å²) in [6, 6.07) is 0. The van der Waals surface area contributed by atoms with Crippen LogP contribution in [-0.4, -0.2) is 87.4 Å². The van der Waals surface area contributed by atoms with E-state index in [0.29, 0.717) is 23.9 Å². The Morgan fingerprint density at radius 2 is 0.826 bits per heavy atom. The fourth-order valence-electron chi connectivity index (χ4n) is 7.36. The van der Waals surface area contributed by atoms with Gasteiger partial charge in [-0.2, -0.15) is 0 Å². The molecular formula is C60H104NO8+. The van der Waals surface area contributed by atoms with Crippen molar-refractivity contribution in [3.05, 3.63) is 85.1 Å². The highest BCUT2D eigenvalue weighted by Gasteiger charge is 2.25. The molecule has 396 valence electrons. The topological polar surface area (TPSA) is 108 Å². The molecule has 0 aliphatic carbocycles. The number of allylic oxidation sites excluding steroid dienone is 14. The first kappa shape index (κ1) is 65.5. The number of carbonyl (C=O) groups excluding carboxylic acids is 2. The predicted molar refractivity (Wildman–Crippen MR) is 290 cm³/mol. The van der Waals surface area contributed by atoms with Crippen LogP contribution in [0.15, 0.2) is 85.1 Å².